The number of carbonyl (C=O) groups excluding carboxylic acids is 2. The number of rotatable bonds is 4. The van der Waals surface area contributed by atoms with Gasteiger partial charge in [0.15, 0.2) is 11.5 Å². The summed E-state index contributed by atoms with van der Waals surface area (Å²) in [4.78, 5) is 40.1. The van der Waals surface area contributed by atoms with Crippen molar-refractivity contribution in [1.29, 1.82) is 0 Å². The summed E-state index contributed by atoms with van der Waals surface area (Å²) < 4.78 is 7.47. The number of hydrogen-bond acceptors (Lipinski definition) is 6. The van der Waals surface area contributed by atoms with E-state index in [1.807, 2.05) is 56.0 Å². The minimum Gasteiger partial charge on any atom is -0.466 e. The Kier molecular flexibility index (Phi) is 7.15. The molecule has 1 fully saturated rings. The Morgan fingerprint density at radius 2 is 1.85 bits per heavy atom. The van der Waals surface area contributed by atoms with Crippen molar-refractivity contribution in [3.05, 3.63) is 52.8 Å². The fourth-order valence-corrected chi connectivity index (χ4v) is 5.67. The van der Waals surface area contributed by atoms with E-state index in [9.17, 15) is 9.59 Å². The van der Waals surface area contributed by atoms with E-state index in [2.05, 4.69) is 25.8 Å². The molecule has 10 heteroatoms. The van der Waals surface area contributed by atoms with Gasteiger partial charge in [-0.05, 0) is 43.9 Å². The first-order valence-corrected chi connectivity index (χ1v) is 14.1. The molecular formula is C30H37ClN6O3. The average Bonchev–Trinajstić information content (AvgIpc) is 3.49. The zero-order valence-electron chi connectivity index (χ0n) is 24.2. The number of hydrogen-bond donors (Lipinski definition) is 0. The molecule has 5 rings (SSSR count). The molecule has 0 bridgehead atoms. The second-order valence-electron chi connectivity index (χ2n) is 12.3. The van der Waals surface area contributed by atoms with Gasteiger partial charge in [0, 0.05) is 42.7 Å². The average molecular weight is 565 g/mol. The third-order valence-electron chi connectivity index (χ3n) is 7.71. The Labute approximate surface area is 240 Å². The molecule has 1 saturated heterocycles. The molecule has 0 saturated carbocycles. The van der Waals surface area contributed by atoms with Crippen LogP contribution in [0.1, 0.15) is 70.9 Å². The predicted molar refractivity (Wildman–Crippen MR) is 156 cm³/mol. The number of nitrogens with zero attached hydrogens (tertiary/aromatic N) is 6. The number of carbonyl (C=O) groups is 2. The molecule has 0 spiro atoms. The number of aromatic nitrogens is 3. The van der Waals surface area contributed by atoms with Crippen LogP contribution in [0.25, 0.3) is 16.9 Å². The van der Waals surface area contributed by atoms with Gasteiger partial charge in [0.05, 0.1) is 23.5 Å². The van der Waals surface area contributed by atoms with Crippen molar-refractivity contribution < 1.29 is 14.3 Å². The van der Waals surface area contributed by atoms with Gasteiger partial charge in [0.1, 0.15) is 5.69 Å². The van der Waals surface area contributed by atoms with E-state index in [0.717, 1.165) is 23.2 Å². The lowest BCUT2D eigenvalue weighted by Crippen LogP contribution is -2.63. The van der Waals surface area contributed by atoms with Crippen LogP contribution >= 0.6 is 11.6 Å². The molecular weight excluding hydrogens is 528 g/mol. The van der Waals surface area contributed by atoms with Gasteiger partial charge < -0.3 is 14.5 Å². The van der Waals surface area contributed by atoms with Crippen LogP contribution in [0.15, 0.2) is 41.5 Å². The molecule has 0 radical (unpaired) electrons. The Bertz CT molecular complexity index is 1490. The zero-order chi connectivity index (χ0) is 29.0. The van der Waals surface area contributed by atoms with Crippen LogP contribution in [0.4, 0.5) is 0 Å². The number of benzene rings is 1. The number of halogens is 1. The van der Waals surface area contributed by atoms with Crippen molar-refractivity contribution in [2.75, 3.05) is 19.6 Å². The second-order valence-corrected chi connectivity index (χ2v) is 12.7. The maximum atomic E-state index is 13.9. The molecule has 9 nitrogen and oxygen atoms in total. The number of piperazine rings is 1. The molecule has 40 heavy (non-hydrogen) atoms. The van der Waals surface area contributed by atoms with Gasteiger partial charge in [-0.2, -0.15) is 5.10 Å². The van der Waals surface area contributed by atoms with Crippen LogP contribution in [-0.4, -0.2) is 79.4 Å². The van der Waals surface area contributed by atoms with Gasteiger partial charge in [-0.3, -0.25) is 9.59 Å². The zero-order valence-corrected chi connectivity index (χ0v) is 25.0. The van der Waals surface area contributed by atoms with Crippen LogP contribution in [0.2, 0.25) is 5.02 Å². The SMILES string of the molecule is CCC1N=C(C)OC1C(=O)N1CCN(C(=O)c2cn3nc(-c4ccc(Cl)cc4)cc(C(C)(C)C)c3n2)C(C)(C)C1. The highest BCUT2D eigenvalue weighted by molar-refractivity contribution is 6.30. The summed E-state index contributed by atoms with van der Waals surface area (Å²) in [5.74, 6) is 0.292. The number of imidazole rings is 1. The first kappa shape index (κ1) is 28.1. The maximum absolute atomic E-state index is 13.9. The normalized spacial score (nSPS) is 20.9. The van der Waals surface area contributed by atoms with Crippen molar-refractivity contribution in [1.82, 2.24) is 24.4 Å². The molecule has 2 unspecified atom stereocenters. The first-order valence-electron chi connectivity index (χ1n) is 13.8. The molecule has 212 valence electrons. The summed E-state index contributed by atoms with van der Waals surface area (Å²) in [6.45, 7) is 15.3. The van der Waals surface area contributed by atoms with E-state index in [-0.39, 0.29) is 23.3 Å². The lowest BCUT2D eigenvalue weighted by atomic mass is 9.87. The second kappa shape index (κ2) is 10.2. The molecule has 0 N–H and O–H groups in total. The number of amides is 2. The third-order valence-corrected chi connectivity index (χ3v) is 7.96. The molecule has 2 aliphatic heterocycles. The number of fused-ring (bicyclic) bond motifs is 1. The number of aliphatic imine (C=N–C) groups is 1. The number of ether oxygens (including phenoxy) is 1. The lowest BCUT2D eigenvalue weighted by Gasteiger charge is -2.47. The van der Waals surface area contributed by atoms with Crippen molar-refractivity contribution in [3.63, 3.8) is 0 Å². The highest BCUT2D eigenvalue weighted by atomic mass is 35.5. The minimum atomic E-state index is -0.605. The van der Waals surface area contributed by atoms with E-state index < -0.39 is 11.6 Å². The Morgan fingerprint density at radius 3 is 2.48 bits per heavy atom. The van der Waals surface area contributed by atoms with Crippen molar-refractivity contribution in [2.24, 2.45) is 4.99 Å². The molecule has 2 amide bonds. The largest absolute Gasteiger partial charge is 0.466 e. The molecule has 2 aromatic heterocycles. The monoisotopic (exact) mass is 564 g/mol. The summed E-state index contributed by atoms with van der Waals surface area (Å²) >= 11 is 6.10. The van der Waals surface area contributed by atoms with Gasteiger partial charge in [0.2, 0.25) is 6.10 Å². The summed E-state index contributed by atoms with van der Waals surface area (Å²) in [6.07, 6.45) is 1.84. The van der Waals surface area contributed by atoms with E-state index in [4.69, 9.17) is 26.4 Å². The summed E-state index contributed by atoms with van der Waals surface area (Å²) in [5, 5.41) is 5.45. The van der Waals surface area contributed by atoms with Crippen molar-refractivity contribution in [3.8, 4) is 11.3 Å². The van der Waals surface area contributed by atoms with E-state index >= 15 is 0 Å². The molecule has 4 heterocycles. The molecule has 0 aliphatic carbocycles. The van der Waals surface area contributed by atoms with E-state index in [1.165, 1.54) is 0 Å². The van der Waals surface area contributed by atoms with Gasteiger partial charge in [0.25, 0.3) is 11.8 Å². The quantitative estimate of drug-likeness (QED) is 0.444. The summed E-state index contributed by atoms with van der Waals surface area (Å²) in [7, 11) is 0. The minimum absolute atomic E-state index is 0.0749. The van der Waals surface area contributed by atoms with Crippen LogP contribution in [0.5, 0.6) is 0 Å². The van der Waals surface area contributed by atoms with Gasteiger partial charge in [-0.25, -0.2) is 14.5 Å². The summed E-state index contributed by atoms with van der Waals surface area (Å²) in [6, 6.07) is 9.41. The highest BCUT2D eigenvalue weighted by Crippen LogP contribution is 2.31. The van der Waals surface area contributed by atoms with Crippen LogP contribution in [-0.2, 0) is 14.9 Å². The Hall–Kier alpha value is -3.46. The summed E-state index contributed by atoms with van der Waals surface area (Å²) in [5.41, 5.74) is 2.83. The van der Waals surface area contributed by atoms with Gasteiger partial charge in [-0.1, -0.05) is 51.4 Å². The van der Waals surface area contributed by atoms with E-state index in [1.54, 1.807) is 22.5 Å². The van der Waals surface area contributed by atoms with Crippen LogP contribution < -0.4 is 0 Å². The van der Waals surface area contributed by atoms with Crippen LogP contribution in [0, 0.1) is 0 Å². The van der Waals surface area contributed by atoms with Crippen molar-refractivity contribution in [2.45, 2.75) is 78.0 Å². The highest BCUT2D eigenvalue weighted by Gasteiger charge is 2.44. The third kappa shape index (κ3) is 5.19. The van der Waals surface area contributed by atoms with Gasteiger partial charge >= 0.3 is 0 Å². The Morgan fingerprint density at radius 1 is 1.15 bits per heavy atom. The van der Waals surface area contributed by atoms with Crippen LogP contribution in [0.3, 0.4) is 0 Å². The standard InChI is InChI=1S/C30H37ClN6O3/c1-8-22-25(40-18(2)32-22)28(39)35-13-14-36(30(6,7)17-35)27(38)24-16-37-26(33-24)21(29(3,4)5)15-23(34-37)19-9-11-20(31)12-10-19/h9-12,15-16,22,25H,8,13-14,17H2,1-7H3. The predicted octanol–water partition coefficient (Wildman–Crippen LogP) is 5.01. The maximum Gasteiger partial charge on any atom is 0.274 e. The topological polar surface area (TPSA) is 92.4 Å². The van der Waals surface area contributed by atoms with E-state index in [0.29, 0.717) is 41.9 Å². The fraction of sp³-hybridized carbons (Fsp3) is 0.500. The molecule has 2 aliphatic rings. The first-order chi connectivity index (χ1) is 18.8. The smallest absolute Gasteiger partial charge is 0.274 e. The fourth-order valence-electron chi connectivity index (χ4n) is 5.55. The van der Waals surface area contributed by atoms with Crippen molar-refractivity contribution >= 4 is 35.0 Å². The Balaban J connectivity index is 1.42. The molecule has 1 aromatic carbocycles. The lowest BCUT2D eigenvalue weighted by molar-refractivity contribution is -0.143. The van der Waals surface area contributed by atoms with Gasteiger partial charge in [-0.15, -0.1) is 0 Å². The molecule has 3 aromatic rings. The molecule has 2 atom stereocenters.